The highest BCUT2D eigenvalue weighted by atomic mass is 32.2. The van der Waals surface area contributed by atoms with E-state index in [0.29, 0.717) is 30.1 Å². The van der Waals surface area contributed by atoms with Gasteiger partial charge in [0.25, 0.3) is 0 Å². The third kappa shape index (κ3) is 8.94. The molecule has 0 unspecified atom stereocenters. The van der Waals surface area contributed by atoms with E-state index in [2.05, 4.69) is 15.5 Å². The van der Waals surface area contributed by atoms with E-state index in [0.717, 1.165) is 37.3 Å². The second kappa shape index (κ2) is 13.0. The molecule has 3 heterocycles. The van der Waals surface area contributed by atoms with Crippen molar-refractivity contribution in [3.63, 3.8) is 0 Å². The number of hydrogen-bond acceptors (Lipinski definition) is 11. The SMILES string of the molecule is N=C(CSCCc1nnc(CC(=O)Cc2cccs2)s1)SC(=N)NC(=O)Cc1cccs1. The number of rotatable bonds is 11. The molecule has 0 radical (unpaired) electrons. The molecule has 0 aliphatic heterocycles. The molecule has 0 aliphatic carbocycles. The summed E-state index contributed by atoms with van der Waals surface area (Å²) in [5, 5.41) is 32.4. The summed E-state index contributed by atoms with van der Waals surface area (Å²) in [6.45, 7) is 0. The number of ketones is 1. The summed E-state index contributed by atoms with van der Waals surface area (Å²) in [5.74, 6) is 1.11. The summed E-state index contributed by atoms with van der Waals surface area (Å²) in [5.41, 5.74) is 0. The molecule has 3 aromatic heterocycles. The normalized spacial score (nSPS) is 10.8. The number of hydrogen-bond donors (Lipinski definition) is 3. The van der Waals surface area contributed by atoms with Crippen molar-refractivity contribution in [1.29, 1.82) is 10.8 Å². The Hall–Kier alpha value is -1.86. The molecule has 0 atom stereocenters. The summed E-state index contributed by atoms with van der Waals surface area (Å²) < 4.78 is 0. The molecule has 3 aromatic rings. The van der Waals surface area contributed by atoms with Gasteiger partial charge in [-0.15, -0.1) is 44.2 Å². The van der Waals surface area contributed by atoms with Gasteiger partial charge in [0.05, 0.1) is 17.9 Å². The molecule has 0 aromatic carbocycles. The van der Waals surface area contributed by atoms with Crippen molar-refractivity contribution in [2.45, 2.75) is 25.7 Å². The van der Waals surface area contributed by atoms with Crippen molar-refractivity contribution < 1.29 is 9.59 Å². The van der Waals surface area contributed by atoms with E-state index >= 15 is 0 Å². The van der Waals surface area contributed by atoms with E-state index in [4.69, 9.17) is 10.8 Å². The van der Waals surface area contributed by atoms with Crippen molar-refractivity contribution in [3.05, 3.63) is 54.8 Å². The topological polar surface area (TPSA) is 120 Å². The lowest BCUT2D eigenvalue weighted by molar-refractivity contribution is -0.119. The molecule has 0 saturated carbocycles. The van der Waals surface area contributed by atoms with Gasteiger partial charge >= 0.3 is 0 Å². The highest BCUT2D eigenvalue weighted by molar-refractivity contribution is 8.27. The molecule has 7 nitrogen and oxygen atoms in total. The smallest absolute Gasteiger partial charge is 0.231 e. The number of amides is 1. The molecular weight excluding hydrogens is 503 g/mol. The fourth-order valence-corrected chi connectivity index (χ4v) is 6.55. The lowest BCUT2D eigenvalue weighted by Gasteiger charge is -2.06. The number of thioether (sulfide) groups is 2. The number of carbonyl (C=O) groups excluding carboxylic acids is 2. The van der Waals surface area contributed by atoms with E-state index in [9.17, 15) is 9.59 Å². The van der Waals surface area contributed by atoms with Crippen LogP contribution in [0, 0.1) is 10.8 Å². The average molecular weight is 524 g/mol. The van der Waals surface area contributed by atoms with Crippen LogP contribution in [0.5, 0.6) is 0 Å². The third-order valence-electron chi connectivity index (χ3n) is 3.90. The van der Waals surface area contributed by atoms with Crippen LogP contribution in [-0.4, -0.2) is 43.6 Å². The summed E-state index contributed by atoms with van der Waals surface area (Å²) in [6.07, 6.45) is 1.70. The van der Waals surface area contributed by atoms with Gasteiger partial charge in [0.1, 0.15) is 15.8 Å². The number of thiophene rings is 2. The van der Waals surface area contributed by atoms with Crippen molar-refractivity contribution in [1.82, 2.24) is 15.5 Å². The first-order valence-electron chi connectivity index (χ1n) is 9.57. The van der Waals surface area contributed by atoms with Gasteiger partial charge in [-0.1, -0.05) is 12.1 Å². The molecule has 0 bridgehead atoms. The summed E-state index contributed by atoms with van der Waals surface area (Å²) in [7, 11) is 0. The van der Waals surface area contributed by atoms with Gasteiger partial charge in [-0.05, 0) is 34.7 Å². The van der Waals surface area contributed by atoms with Crippen LogP contribution in [0.15, 0.2) is 35.0 Å². The van der Waals surface area contributed by atoms with Gasteiger partial charge in [0, 0.05) is 34.1 Å². The molecule has 32 heavy (non-hydrogen) atoms. The van der Waals surface area contributed by atoms with Crippen LogP contribution in [0.4, 0.5) is 0 Å². The molecular formula is C20H21N5O2S5. The molecule has 1 amide bonds. The second-order valence-electron chi connectivity index (χ2n) is 6.52. The first-order valence-corrected chi connectivity index (χ1v) is 14.1. The van der Waals surface area contributed by atoms with E-state index in [1.165, 1.54) is 22.7 Å². The lowest BCUT2D eigenvalue weighted by atomic mass is 10.2. The third-order valence-corrected chi connectivity index (χ3v) is 8.50. The summed E-state index contributed by atoms with van der Waals surface area (Å²) >= 11 is 7.06. The van der Waals surface area contributed by atoms with Gasteiger partial charge < -0.3 is 5.32 Å². The van der Waals surface area contributed by atoms with Crippen LogP contribution in [0.25, 0.3) is 0 Å². The van der Waals surface area contributed by atoms with E-state index < -0.39 is 0 Å². The Morgan fingerprint density at radius 3 is 2.34 bits per heavy atom. The number of nitrogens with one attached hydrogen (secondary N) is 3. The highest BCUT2D eigenvalue weighted by Gasteiger charge is 2.12. The van der Waals surface area contributed by atoms with Crippen molar-refractivity contribution in [2.75, 3.05) is 11.5 Å². The predicted molar refractivity (Wildman–Crippen MR) is 137 cm³/mol. The maximum atomic E-state index is 12.1. The van der Waals surface area contributed by atoms with Gasteiger partial charge in [0.15, 0.2) is 5.17 Å². The first-order chi connectivity index (χ1) is 15.5. The quantitative estimate of drug-likeness (QED) is 0.196. The van der Waals surface area contributed by atoms with Gasteiger partial charge in [-0.3, -0.25) is 20.4 Å². The first kappa shape index (κ1) is 24.8. The zero-order valence-electron chi connectivity index (χ0n) is 17.0. The molecule has 3 N–H and O–H groups in total. The van der Waals surface area contributed by atoms with Crippen LogP contribution in [0.3, 0.4) is 0 Å². The Balaban J connectivity index is 1.28. The molecule has 0 saturated heterocycles. The monoisotopic (exact) mass is 523 g/mol. The van der Waals surface area contributed by atoms with Crippen LogP contribution in [-0.2, 0) is 35.3 Å². The van der Waals surface area contributed by atoms with E-state index in [1.807, 2.05) is 35.0 Å². The van der Waals surface area contributed by atoms with E-state index in [-0.39, 0.29) is 23.3 Å². The van der Waals surface area contributed by atoms with E-state index in [1.54, 1.807) is 23.1 Å². The van der Waals surface area contributed by atoms with Crippen molar-refractivity contribution >= 4 is 79.4 Å². The van der Waals surface area contributed by atoms with Crippen molar-refractivity contribution in [2.24, 2.45) is 0 Å². The van der Waals surface area contributed by atoms with Crippen molar-refractivity contribution in [3.8, 4) is 0 Å². The van der Waals surface area contributed by atoms with Gasteiger partial charge in [-0.25, -0.2) is 0 Å². The molecule has 0 aliphatic rings. The molecule has 12 heteroatoms. The average Bonchev–Trinajstić information content (AvgIpc) is 3.49. The Morgan fingerprint density at radius 2 is 1.66 bits per heavy atom. The standard InChI is InChI=1S/C20H21N5O2S5/c21-16(31-20(22)23-17(27)11-15-4-2-7-30-15)12-28-8-5-18-24-25-19(32-18)10-13(26)9-14-3-1-6-29-14/h1-4,6-7,21H,5,8-12H2,(H2,22,23,27). The summed E-state index contributed by atoms with van der Waals surface area (Å²) in [6, 6.07) is 7.66. The van der Waals surface area contributed by atoms with Gasteiger partial charge in [0.2, 0.25) is 5.91 Å². The Bertz CT molecular complexity index is 1050. The number of aryl methyl sites for hydroxylation is 1. The fourth-order valence-electron chi connectivity index (χ4n) is 2.54. The zero-order valence-corrected chi connectivity index (χ0v) is 21.0. The number of aromatic nitrogens is 2. The van der Waals surface area contributed by atoms with Crippen LogP contribution in [0.2, 0.25) is 0 Å². The fraction of sp³-hybridized carbons (Fsp3) is 0.300. The van der Waals surface area contributed by atoms with Crippen LogP contribution in [0.1, 0.15) is 19.8 Å². The van der Waals surface area contributed by atoms with Gasteiger partial charge in [-0.2, -0.15) is 11.8 Å². The number of carbonyl (C=O) groups is 2. The Labute approximate surface area is 206 Å². The minimum atomic E-state index is -0.244. The molecule has 3 rings (SSSR count). The molecule has 0 fully saturated rings. The maximum Gasteiger partial charge on any atom is 0.231 e. The molecule has 168 valence electrons. The Morgan fingerprint density at radius 1 is 0.969 bits per heavy atom. The molecule has 0 spiro atoms. The van der Waals surface area contributed by atoms with Crippen LogP contribution < -0.4 is 5.32 Å². The maximum absolute atomic E-state index is 12.1. The number of amidine groups is 1. The number of Topliss-reactive ketones (excluding diaryl/α,β-unsaturated/α-hetero) is 1. The summed E-state index contributed by atoms with van der Waals surface area (Å²) in [4.78, 5) is 26.0. The second-order valence-corrected chi connectivity index (χ2v) is 11.9. The zero-order chi connectivity index (χ0) is 22.8. The highest BCUT2D eigenvalue weighted by Crippen LogP contribution is 2.17. The minimum absolute atomic E-state index is 0.0295. The van der Waals surface area contributed by atoms with Crippen LogP contribution >= 0.6 is 57.5 Å². The minimum Gasteiger partial charge on any atom is -0.305 e. The predicted octanol–water partition coefficient (Wildman–Crippen LogP) is 4.30. The Kier molecular flexibility index (Phi) is 10.1. The number of nitrogens with zero attached hydrogens (tertiary/aromatic N) is 2. The lowest BCUT2D eigenvalue weighted by Crippen LogP contribution is -2.29. The largest absolute Gasteiger partial charge is 0.305 e.